The normalized spacial score (nSPS) is 16.4. The molecule has 5 nitrogen and oxygen atoms in total. The molecule has 0 bridgehead atoms. The Morgan fingerprint density at radius 1 is 1.20 bits per heavy atom. The van der Waals surface area contributed by atoms with Gasteiger partial charge in [-0.1, -0.05) is 12.1 Å². The highest BCUT2D eigenvalue weighted by atomic mass is 19.1. The van der Waals surface area contributed by atoms with Crippen molar-refractivity contribution in [1.82, 2.24) is 4.98 Å². The second kappa shape index (κ2) is 7.59. The summed E-state index contributed by atoms with van der Waals surface area (Å²) in [6.45, 7) is 2.08. The molecule has 0 unspecified atom stereocenters. The van der Waals surface area contributed by atoms with Crippen LogP contribution in [0, 0.1) is 17.7 Å². The van der Waals surface area contributed by atoms with Crippen molar-refractivity contribution in [3.63, 3.8) is 0 Å². The van der Waals surface area contributed by atoms with Gasteiger partial charge in [0.2, 0.25) is 11.8 Å². The molecule has 0 spiro atoms. The van der Waals surface area contributed by atoms with Crippen LogP contribution >= 0.6 is 0 Å². The van der Waals surface area contributed by atoms with E-state index in [0.717, 1.165) is 28.7 Å². The van der Waals surface area contributed by atoms with Crippen molar-refractivity contribution in [2.75, 3.05) is 36.5 Å². The lowest BCUT2D eigenvalue weighted by Gasteiger charge is -2.42. The molecule has 30 heavy (non-hydrogen) atoms. The van der Waals surface area contributed by atoms with Crippen LogP contribution in [0.5, 0.6) is 5.88 Å². The van der Waals surface area contributed by atoms with Crippen LogP contribution in [0.4, 0.5) is 15.8 Å². The predicted octanol–water partition coefficient (Wildman–Crippen LogP) is 4.26. The molecule has 6 heteroatoms. The maximum Gasteiger partial charge on any atom is 0.233 e. The third kappa shape index (κ3) is 3.58. The van der Waals surface area contributed by atoms with Crippen LogP contribution in [0.3, 0.4) is 0 Å². The summed E-state index contributed by atoms with van der Waals surface area (Å²) >= 11 is 0. The first-order valence-corrected chi connectivity index (χ1v) is 10.4. The van der Waals surface area contributed by atoms with Gasteiger partial charge in [0.1, 0.15) is 5.82 Å². The van der Waals surface area contributed by atoms with Gasteiger partial charge in [0.15, 0.2) is 0 Å². The number of hydrogen-bond acceptors (Lipinski definition) is 4. The zero-order valence-electron chi connectivity index (χ0n) is 16.9. The van der Waals surface area contributed by atoms with Gasteiger partial charge in [0.25, 0.3) is 0 Å². The van der Waals surface area contributed by atoms with Gasteiger partial charge in [-0.25, -0.2) is 9.37 Å². The van der Waals surface area contributed by atoms with E-state index in [9.17, 15) is 9.18 Å². The molecule has 0 N–H and O–H groups in total. The number of pyridine rings is 1. The number of hydrogen-bond donors (Lipinski definition) is 0. The molecule has 1 saturated heterocycles. The molecule has 1 amide bonds. The van der Waals surface area contributed by atoms with Crippen LogP contribution in [-0.2, 0) is 4.79 Å². The summed E-state index contributed by atoms with van der Waals surface area (Å²) in [5.41, 5.74) is 1.88. The van der Waals surface area contributed by atoms with Crippen LogP contribution in [0.15, 0.2) is 54.7 Å². The molecule has 5 rings (SSSR count). The average molecular weight is 405 g/mol. The number of methoxy groups -OCH3 is 1. The van der Waals surface area contributed by atoms with Gasteiger partial charge in [-0.3, -0.25) is 4.79 Å². The number of anilines is 2. The van der Waals surface area contributed by atoms with Crippen molar-refractivity contribution in [2.24, 2.45) is 11.8 Å². The Morgan fingerprint density at radius 3 is 2.73 bits per heavy atom. The van der Waals surface area contributed by atoms with Crippen molar-refractivity contribution < 1.29 is 13.9 Å². The van der Waals surface area contributed by atoms with E-state index in [-0.39, 0.29) is 17.6 Å². The number of rotatable bonds is 6. The molecular weight excluding hydrogens is 381 g/mol. The van der Waals surface area contributed by atoms with Crippen LogP contribution in [0.2, 0.25) is 0 Å². The number of benzene rings is 2. The van der Waals surface area contributed by atoms with Gasteiger partial charge < -0.3 is 14.5 Å². The maximum atomic E-state index is 13.6. The van der Waals surface area contributed by atoms with Gasteiger partial charge in [-0.2, -0.15) is 0 Å². The summed E-state index contributed by atoms with van der Waals surface area (Å²) in [6.07, 6.45) is 4.07. The number of nitrogens with zero attached hydrogens (tertiary/aromatic N) is 3. The van der Waals surface area contributed by atoms with E-state index >= 15 is 0 Å². The Bertz CT molecular complexity index is 1080. The highest BCUT2D eigenvalue weighted by molar-refractivity contribution is 5.99. The lowest BCUT2D eigenvalue weighted by molar-refractivity contribution is -0.123. The van der Waals surface area contributed by atoms with Crippen LogP contribution < -0.4 is 14.5 Å². The lowest BCUT2D eigenvalue weighted by atomic mass is 9.95. The van der Waals surface area contributed by atoms with Crippen molar-refractivity contribution in [1.29, 1.82) is 0 Å². The topological polar surface area (TPSA) is 45.7 Å². The SMILES string of the molecule is COc1ccc(N(CC2CC2)C(=O)C2CN(c3cccc4cc(F)ccc34)C2)cn1. The zero-order chi connectivity index (χ0) is 20.7. The summed E-state index contributed by atoms with van der Waals surface area (Å²) in [4.78, 5) is 21.7. The molecule has 2 fully saturated rings. The van der Waals surface area contributed by atoms with E-state index in [1.807, 2.05) is 35.2 Å². The summed E-state index contributed by atoms with van der Waals surface area (Å²) in [6, 6.07) is 14.4. The molecule has 2 aromatic carbocycles. The number of carbonyl (C=O) groups excluding carboxylic acids is 1. The third-order valence-corrected chi connectivity index (χ3v) is 6.04. The largest absolute Gasteiger partial charge is 0.481 e. The number of aromatic nitrogens is 1. The number of fused-ring (bicyclic) bond motifs is 1. The second-order valence-electron chi connectivity index (χ2n) is 8.20. The minimum absolute atomic E-state index is 0.0541. The Hall–Kier alpha value is -3.15. The molecule has 1 saturated carbocycles. The molecule has 3 aromatic rings. The van der Waals surface area contributed by atoms with E-state index < -0.39 is 0 Å². The molecule has 154 valence electrons. The molecule has 0 radical (unpaired) electrons. The molecule has 1 aromatic heterocycles. The summed E-state index contributed by atoms with van der Waals surface area (Å²) in [7, 11) is 1.58. The Balaban J connectivity index is 1.33. The number of ether oxygens (including phenoxy) is 1. The summed E-state index contributed by atoms with van der Waals surface area (Å²) in [5.74, 6) is 0.984. The van der Waals surface area contributed by atoms with Gasteiger partial charge in [0.05, 0.1) is 24.9 Å². The number of carbonyl (C=O) groups is 1. The van der Waals surface area contributed by atoms with E-state index in [2.05, 4.69) is 9.88 Å². The molecule has 2 aliphatic rings. The molecule has 2 heterocycles. The quantitative estimate of drug-likeness (QED) is 0.615. The zero-order valence-corrected chi connectivity index (χ0v) is 16.9. The molecule has 1 aliphatic carbocycles. The standard InChI is InChI=1S/C24H24FN3O2/c1-30-23-10-8-20(12-26-23)28(13-16-5-6-16)24(29)18-14-27(15-18)22-4-2-3-17-11-19(25)7-9-21(17)22/h2-4,7-12,16,18H,5-6,13-15H2,1H3. The van der Waals surface area contributed by atoms with E-state index in [1.165, 1.54) is 18.9 Å². The van der Waals surface area contributed by atoms with Crippen molar-refractivity contribution in [2.45, 2.75) is 12.8 Å². The first kappa shape index (κ1) is 18.9. The van der Waals surface area contributed by atoms with Crippen LogP contribution in [0.25, 0.3) is 10.8 Å². The van der Waals surface area contributed by atoms with Gasteiger partial charge in [-0.05, 0) is 54.5 Å². The van der Waals surface area contributed by atoms with Crippen LogP contribution in [0.1, 0.15) is 12.8 Å². The molecule has 0 atom stereocenters. The smallest absolute Gasteiger partial charge is 0.233 e. The van der Waals surface area contributed by atoms with Crippen molar-refractivity contribution in [3.8, 4) is 5.88 Å². The average Bonchev–Trinajstić information content (AvgIpc) is 3.55. The van der Waals surface area contributed by atoms with Gasteiger partial charge >= 0.3 is 0 Å². The van der Waals surface area contributed by atoms with Crippen molar-refractivity contribution in [3.05, 3.63) is 60.5 Å². The summed E-state index contributed by atoms with van der Waals surface area (Å²) < 4.78 is 18.7. The van der Waals surface area contributed by atoms with Crippen molar-refractivity contribution >= 4 is 28.1 Å². The highest BCUT2D eigenvalue weighted by Gasteiger charge is 2.38. The Morgan fingerprint density at radius 2 is 2.03 bits per heavy atom. The van der Waals surface area contributed by atoms with E-state index in [1.54, 1.807) is 25.4 Å². The fourth-order valence-electron chi connectivity index (χ4n) is 4.10. The first-order valence-electron chi connectivity index (χ1n) is 10.4. The second-order valence-corrected chi connectivity index (χ2v) is 8.20. The van der Waals surface area contributed by atoms with Crippen LogP contribution in [-0.4, -0.2) is 37.6 Å². The number of amides is 1. The number of halogens is 1. The van der Waals surface area contributed by atoms with E-state index in [4.69, 9.17) is 4.74 Å². The minimum atomic E-state index is -0.236. The first-order chi connectivity index (χ1) is 14.6. The van der Waals surface area contributed by atoms with Gasteiger partial charge in [0, 0.05) is 36.8 Å². The molecular formula is C24H24FN3O2. The fourth-order valence-corrected chi connectivity index (χ4v) is 4.10. The van der Waals surface area contributed by atoms with Gasteiger partial charge in [-0.15, -0.1) is 0 Å². The molecule has 1 aliphatic heterocycles. The highest BCUT2D eigenvalue weighted by Crippen LogP contribution is 2.35. The minimum Gasteiger partial charge on any atom is -0.481 e. The predicted molar refractivity (Wildman–Crippen MR) is 115 cm³/mol. The maximum absolute atomic E-state index is 13.6. The monoisotopic (exact) mass is 405 g/mol. The lowest BCUT2D eigenvalue weighted by Crippen LogP contribution is -2.55. The Labute approximate surface area is 175 Å². The third-order valence-electron chi connectivity index (χ3n) is 6.04. The Kier molecular flexibility index (Phi) is 4.77. The fraction of sp³-hybridized carbons (Fsp3) is 0.333. The summed E-state index contributed by atoms with van der Waals surface area (Å²) in [5, 5.41) is 1.89. The van der Waals surface area contributed by atoms with E-state index in [0.29, 0.717) is 24.9 Å².